The molecule has 0 spiro atoms. The van der Waals surface area contributed by atoms with Crippen LogP contribution in [0, 0.1) is 12.7 Å². The zero-order valence-corrected chi connectivity index (χ0v) is 17.7. The van der Waals surface area contributed by atoms with Crippen LogP contribution < -0.4 is 10.2 Å². The van der Waals surface area contributed by atoms with Crippen LogP contribution in [0.4, 0.5) is 4.39 Å². The Kier molecular flexibility index (Phi) is 5.26. The van der Waals surface area contributed by atoms with Crippen molar-refractivity contribution in [1.29, 1.82) is 0 Å². The summed E-state index contributed by atoms with van der Waals surface area (Å²) in [6, 6.07) is 14.1. The molecule has 0 saturated heterocycles. The molecule has 0 N–H and O–H groups in total. The lowest BCUT2D eigenvalue weighted by molar-refractivity contribution is 0.101. The van der Waals surface area contributed by atoms with Gasteiger partial charge in [0.1, 0.15) is 16.4 Å². The van der Waals surface area contributed by atoms with Crippen LogP contribution >= 0.6 is 11.3 Å². The van der Waals surface area contributed by atoms with Gasteiger partial charge < -0.3 is 9.30 Å². The van der Waals surface area contributed by atoms with Gasteiger partial charge >= 0.3 is 0 Å². The van der Waals surface area contributed by atoms with E-state index in [0.29, 0.717) is 10.9 Å². The molecule has 6 heteroatoms. The van der Waals surface area contributed by atoms with E-state index in [1.807, 2.05) is 31.2 Å². The van der Waals surface area contributed by atoms with Crippen LogP contribution in [-0.4, -0.2) is 17.5 Å². The number of ether oxygens (including phenoxy) is 1. The standard InChI is InChI=1S/C24H20FNO3S/c1-14-21-22(28)19(15(2)27)13-26(12-17-6-4-5-7-20(17)25)24(21)30-23(14)16-8-10-18(29-3)11-9-16/h4-11,13H,12H2,1-3H3. The highest BCUT2D eigenvalue weighted by atomic mass is 32.1. The maximum Gasteiger partial charge on any atom is 0.201 e. The molecule has 0 saturated carbocycles. The number of pyridine rings is 1. The summed E-state index contributed by atoms with van der Waals surface area (Å²) >= 11 is 1.47. The quantitative estimate of drug-likeness (QED) is 0.403. The summed E-state index contributed by atoms with van der Waals surface area (Å²) in [4.78, 5) is 26.9. The molecule has 4 nitrogen and oxygen atoms in total. The molecule has 0 radical (unpaired) electrons. The van der Waals surface area contributed by atoms with Crippen molar-refractivity contribution >= 4 is 27.3 Å². The predicted molar refractivity (Wildman–Crippen MR) is 118 cm³/mol. The first-order valence-electron chi connectivity index (χ1n) is 9.46. The van der Waals surface area contributed by atoms with Gasteiger partial charge in [-0.05, 0) is 55.3 Å². The van der Waals surface area contributed by atoms with E-state index in [9.17, 15) is 14.0 Å². The van der Waals surface area contributed by atoms with Gasteiger partial charge in [0.25, 0.3) is 0 Å². The number of aromatic nitrogens is 1. The van der Waals surface area contributed by atoms with Crippen molar-refractivity contribution in [1.82, 2.24) is 4.57 Å². The number of carbonyl (C=O) groups is 1. The Morgan fingerprint density at radius 1 is 1.13 bits per heavy atom. The predicted octanol–water partition coefficient (Wildman–Crippen LogP) is 5.44. The fourth-order valence-corrected chi connectivity index (χ4v) is 4.86. The molecular weight excluding hydrogens is 401 g/mol. The van der Waals surface area contributed by atoms with Crippen molar-refractivity contribution < 1.29 is 13.9 Å². The van der Waals surface area contributed by atoms with Crippen LogP contribution in [0.3, 0.4) is 0 Å². The van der Waals surface area contributed by atoms with Crippen molar-refractivity contribution in [3.63, 3.8) is 0 Å². The van der Waals surface area contributed by atoms with Gasteiger partial charge in [0, 0.05) is 16.6 Å². The van der Waals surface area contributed by atoms with Crippen molar-refractivity contribution in [2.24, 2.45) is 0 Å². The SMILES string of the molecule is COc1ccc(-c2sc3c(c2C)c(=O)c(C(C)=O)cn3Cc2ccccc2F)cc1. The zero-order valence-electron chi connectivity index (χ0n) is 16.9. The molecule has 0 aliphatic carbocycles. The molecule has 2 aromatic heterocycles. The number of fused-ring (bicyclic) bond motifs is 1. The largest absolute Gasteiger partial charge is 0.497 e. The van der Waals surface area contributed by atoms with Gasteiger partial charge in [-0.25, -0.2) is 4.39 Å². The number of hydrogen-bond acceptors (Lipinski definition) is 4. The smallest absolute Gasteiger partial charge is 0.201 e. The number of halogens is 1. The monoisotopic (exact) mass is 421 g/mol. The van der Waals surface area contributed by atoms with E-state index in [2.05, 4.69) is 0 Å². The van der Waals surface area contributed by atoms with E-state index in [0.717, 1.165) is 26.6 Å². The van der Waals surface area contributed by atoms with Gasteiger partial charge in [-0.15, -0.1) is 11.3 Å². The average molecular weight is 421 g/mol. The third-order valence-corrected chi connectivity index (χ3v) is 6.55. The number of hydrogen-bond donors (Lipinski definition) is 0. The molecule has 4 aromatic rings. The van der Waals surface area contributed by atoms with Crippen LogP contribution in [0.2, 0.25) is 0 Å². The summed E-state index contributed by atoms with van der Waals surface area (Å²) in [7, 11) is 1.61. The summed E-state index contributed by atoms with van der Waals surface area (Å²) in [5.74, 6) is 0.119. The highest BCUT2D eigenvalue weighted by molar-refractivity contribution is 7.22. The highest BCUT2D eigenvalue weighted by Gasteiger charge is 2.20. The summed E-state index contributed by atoms with van der Waals surface area (Å²) in [5, 5.41) is 0.509. The summed E-state index contributed by atoms with van der Waals surface area (Å²) in [6.45, 7) is 3.49. The van der Waals surface area contributed by atoms with Crippen molar-refractivity contribution in [2.45, 2.75) is 20.4 Å². The van der Waals surface area contributed by atoms with Gasteiger partial charge in [-0.1, -0.05) is 18.2 Å². The van der Waals surface area contributed by atoms with Crippen molar-refractivity contribution in [3.05, 3.63) is 87.5 Å². The normalized spacial score (nSPS) is 11.1. The number of benzene rings is 2. The Bertz CT molecular complexity index is 1320. The second kappa shape index (κ2) is 7.88. The molecule has 152 valence electrons. The topological polar surface area (TPSA) is 48.3 Å². The van der Waals surface area contributed by atoms with Gasteiger partial charge in [-0.2, -0.15) is 0 Å². The first kappa shape index (κ1) is 20.0. The van der Waals surface area contributed by atoms with Gasteiger partial charge in [0.05, 0.1) is 24.6 Å². The maximum atomic E-state index is 14.3. The number of nitrogens with zero attached hydrogens (tertiary/aromatic N) is 1. The van der Waals surface area contributed by atoms with Crippen LogP contribution in [0.25, 0.3) is 20.7 Å². The first-order chi connectivity index (χ1) is 14.4. The molecular formula is C24H20FNO3S. The Morgan fingerprint density at radius 2 is 1.83 bits per heavy atom. The number of thiophene rings is 1. The highest BCUT2D eigenvalue weighted by Crippen LogP contribution is 2.37. The number of methoxy groups -OCH3 is 1. The third kappa shape index (κ3) is 3.44. The number of ketones is 1. The molecule has 0 atom stereocenters. The first-order valence-corrected chi connectivity index (χ1v) is 10.3. The molecule has 2 aromatic carbocycles. The summed E-state index contributed by atoms with van der Waals surface area (Å²) in [5.41, 5.74) is 2.09. The molecule has 30 heavy (non-hydrogen) atoms. The molecule has 0 aliphatic rings. The lowest BCUT2D eigenvalue weighted by Gasteiger charge is -2.11. The van der Waals surface area contributed by atoms with E-state index in [1.165, 1.54) is 24.3 Å². The van der Waals surface area contributed by atoms with E-state index in [-0.39, 0.29) is 29.1 Å². The van der Waals surface area contributed by atoms with Gasteiger partial charge in [0.15, 0.2) is 5.78 Å². The minimum atomic E-state index is -0.322. The zero-order chi connectivity index (χ0) is 21.4. The molecule has 4 rings (SSSR count). The molecule has 0 fully saturated rings. The number of carbonyl (C=O) groups excluding carboxylic acids is 1. The summed E-state index contributed by atoms with van der Waals surface area (Å²) in [6.07, 6.45) is 1.55. The fraction of sp³-hybridized carbons (Fsp3) is 0.167. The Hall–Kier alpha value is -3.25. The Labute approximate surface area is 177 Å². The number of rotatable bonds is 5. The van der Waals surface area contributed by atoms with Crippen molar-refractivity contribution in [3.8, 4) is 16.2 Å². The Morgan fingerprint density at radius 3 is 2.47 bits per heavy atom. The van der Waals surface area contributed by atoms with E-state index < -0.39 is 0 Å². The molecule has 0 aliphatic heterocycles. The summed E-state index contributed by atoms with van der Waals surface area (Å²) < 4.78 is 21.3. The Balaban J connectivity index is 1.96. The van der Waals surface area contributed by atoms with E-state index in [4.69, 9.17) is 4.74 Å². The number of aryl methyl sites for hydroxylation is 1. The van der Waals surface area contributed by atoms with Gasteiger partial charge in [-0.3, -0.25) is 9.59 Å². The lowest BCUT2D eigenvalue weighted by atomic mass is 10.1. The molecule has 2 heterocycles. The minimum Gasteiger partial charge on any atom is -0.497 e. The molecule has 0 unspecified atom stereocenters. The third-order valence-electron chi connectivity index (χ3n) is 5.18. The van der Waals surface area contributed by atoms with Crippen LogP contribution in [-0.2, 0) is 6.54 Å². The average Bonchev–Trinajstić information content (AvgIpc) is 3.09. The second-order valence-corrected chi connectivity index (χ2v) is 8.11. The maximum absolute atomic E-state index is 14.3. The van der Waals surface area contributed by atoms with E-state index >= 15 is 0 Å². The van der Waals surface area contributed by atoms with E-state index in [1.54, 1.807) is 36.1 Å². The molecule has 0 amide bonds. The van der Waals surface area contributed by atoms with Crippen LogP contribution in [0.1, 0.15) is 28.4 Å². The van der Waals surface area contributed by atoms with Gasteiger partial charge in [0.2, 0.25) is 5.43 Å². The van der Waals surface area contributed by atoms with Crippen LogP contribution in [0.5, 0.6) is 5.75 Å². The number of Topliss-reactive ketones (excluding diaryl/α,β-unsaturated/α-hetero) is 1. The van der Waals surface area contributed by atoms with Crippen LogP contribution in [0.15, 0.2) is 59.5 Å². The molecule has 0 bridgehead atoms. The fourth-order valence-electron chi connectivity index (χ4n) is 3.57. The minimum absolute atomic E-state index is 0.112. The second-order valence-electron chi connectivity index (χ2n) is 7.11. The van der Waals surface area contributed by atoms with Crippen molar-refractivity contribution in [2.75, 3.05) is 7.11 Å². The lowest BCUT2D eigenvalue weighted by Crippen LogP contribution is -2.17.